The molecule has 1 aromatic heterocycles. The van der Waals surface area contributed by atoms with Crippen LogP contribution in [0.1, 0.15) is 51.8 Å². The summed E-state index contributed by atoms with van der Waals surface area (Å²) in [5, 5.41) is 55.0. The van der Waals surface area contributed by atoms with Crippen LogP contribution in [0.15, 0.2) is 60.7 Å². The minimum absolute atomic E-state index is 0.0000622. The summed E-state index contributed by atoms with van der Waals surface area (Å²) in [6, 6.07) is 11.8. The molecular formula is C26H18N6O10. The predicted octanol–water partition coefficient (Wildman–Crippen LogP) is 3.59. The van der Waals surface area contributed by atoms with Gasteiger partial charge in [-0.05, 0) is 60.7 Å². The van der Waals surface area contributed by atoms with Crippen molar-refractivity contribution in [3.8, 4) is 0 Å². The molecule has 0 atom stereocenters. The van der Waals surface area contributed by atoms with Crippen molar-refractivity contribution in [2.24, 2.45) is 0 Å². The van der Waals surface area contributed by atoms with Crippen LogP contribution in [0.2, 0.25) is 0 Å². The van der Waals surface area contributed by atoms with Crippen LogP contribution in [0.3, 0.4) is 0 Å². The molecule has 0 amide bonds. The first kappa shape index (κ1) is 28.4. The smallest absolute Gasteiger partial charge is 0.337 e. The molecule has 0 radical (unpaired) electrons. The van der Waals surface area contributed by atoms with Crippen LogP contribution in [-0.4, -0.2) is 70.3 Å². The van der Waals surface area contributed by atoms with Crippen molar-refractivity contribution in [2.75, 3.05) is 16.0 Å². The summed E-state index contributed by atoms with van der Waals surface area (Å²) in [6.45, 7) is 0. The second-order valence-electron chi connectivity index (χ2n) is 8.31. The third-order valence-corrected chi connectivity index (χ3v) is 5.51. The molecule has 0 fully saturated rings. The molecular weight excluding hydrogens is 556 g/mol. The zero-order valence-electron chi connectivity index (χ0n) is 20.9. The Bertz CT molecular complexity index is 1660. The van der Waals surface area contributed by atoms with Crippen LogP contribution in [0.4, 0.5) is 34.9 Å². The Morgan fingerprint density at radius 1 is 0.452 bits per heavy atom. The van der Waals surface area contributed by atoms with E-state index in [0.717, 1.165) is 36.4 Å². The Morgan fingerprint density at radius 3 is 1.17 bits per heavy atom. The number of hydrogen-bond acceptors (Lipinski definition) is 11. The van der Waals surface area contributed by atoms with E-state index in [1.165, 1.54) is 24.3 Å². The van der Waals surface area contributed by atoms with Crippen LogP contribution in [0.5, 0.6) is 0 Å². The maximum atomic E-state index is 11.8. The Labute approximate surface area is 234 Å². The summed E-state index contributed by atoms with van der Waals surface area (Å²) in [4.78, 5) is 70.0. The Hall–Kier alpha value is -6.58. The van der Waals surface area contributed by atoms with Gasteiger partial charge in [0.2, 0.25) is 17.8 Å². The number of carboxylic acids is 5. The van der Waals surface area contributed by atoms with Gasteiger partial charge in [0.1, 0.15) is 0 Å². The van der Waals surface area contributed by atoms with Crippen molar-refractivity contribution < 1.29 is 49.5 Å². The first-order chi connectivity index (χ1) is 19.9. The average Bonchev–Trinajstić information content (AvgIpc) is 2.92. The second kappa shape index (κ2) is 11.7. The molecule has 0 aliphatic carbocycles. The highest BCUT2D eigenvalue weighted by atomic mass is 16.4. The van der Waals surface area contributed by atoms with Gasteiger partial charge < -0.3 is 41.5 Å². The third-order valence-electron chi connectivity index (χ3n) is 5.51. The maximum absolute atomic E-state index is 11.8. The number of hydrogen-bond donors (Lipinski definition) is 8. The number of nitrogens with one attached hydrogen (secondary N) is 3. The second-order valence-corrected chi connectivity index (χ2v) is 8.31. The minimum atomic E-state index is -1.39. The lowest BCUT2D eigenvalue weighted by molar-refractivity contribution is 0.0682. The van der Waals surface area contributed by atoms with Crippen molar-refractivity contribution in [1.29, 1.82) is 0 Å². The molecule has 42 heavy (non-hydrogen) atoms. The van der Waals surface area contributed by atoms with Crippen molar-refractivity contribution in [1.82, 2.24) is 15.0 Å². The maximum Gasteiger partial charge on any atom is 0.337 e. The molecule has 4 aromatic rings. The van der Waals surface area contributed by atoms with Crippen molar-refractivity contribution >= 4 is 64.8 Å². The van der Waals surface area contributed by atoms with Gasteiger partial charge in [-0.15, -0.1) is 0 Å². The summed E-state index contributed by atoms with van der Waals surface area (Å²) >= 11 is 0. The van der Waals surface area contributed by atoms with E-state index in [1.54, 1.807) is 0 Å². The highest BCUT2D eigenvalue weighted by Gasteiger charge is 2.18. The van der Waals surface area contributed by atoms with E-state index in [9.17, 15) is 44.4 Å². The highest BCUT2D eigenvalue weighted by molar-refractivity contribution is 5.99. The largest absolute Gasteiger partial charge is 0.478 e. The fraction of sp³-hybridized carbons (Fsp3) is 0. The van der Waals surface area contributed by atoms with Crippen LogP contribution in [0, 0.1) is 0 Å². The van der Waals surface area contributed by atoms with E-state index < -0.39 is 29.8 Å². The van der Waals surface area contributed by atoms with Gasteiger partial charge in [0.05, 0.1) is 39.2 Å². The summed E-state index contributed by atoms with van der Waals surface area (Å²) in [6.07, 6.45) is 0. The number of aromatic carboxylic acids is 5. The SMILES string of the molecule is O=C(O)c1ccc(Nc2nc(Nc3cc(C(=O)O)ccc3C(=O)O)nc(Nc3cc(C(=O)O)ccc3C(=O)O)n2)cc1. The topological polar surface area (TPSA) is 261 Å². The van der Waals surface area contributed by atoms with Crippen molar-refractivity contribution in [2.45, 2.75) is 0 Å². The summed E-state index contributed by atoms with van der Waals surface area (Å²) in [5.74, 6) is -7.46. The molecule has 8 N–H and O–H groups in total. The molecule has 0 saturated heterocycles. The fourth-order valence-corrected chi connectivity index (χ4v) is 3.54. The molecule has 212 valence electrons. The molecule has 0 aliphatic rings. The first-order valence-electron chi connectivity index (χ1n) is 11.5. The quantitative estimate of drug-likeness (QED) is 0.127. The minimum Gasteiger partial charge on any atom is -0.478 e. The Balaban J connectivity index is 1.80. The third kappa shape index (κ3) is 6.52. The lowest BCUT2D eigenvalue weighted by Gasteiger charge is -2.14. The lowest BCUT2D eigenvalue weighted by Crippen LogP contribution is -2.12. The molecule has 4 rings (SSSR count). The normalized spacial score (nSPS) is 10.4. The predicted molar refractivity (Wildman–Crippen MR) is 144 cm³/mol. The number of rotatable bonds is 11. The Kier molecular flexibility index (Phi) is 7.89. The van der Waals surface area contributed by atoms with Crippen LogP contribution in [0.25, 0.3) is 0 Å². The van der Waals surface area contributed by atoms with E-state index in [0.29, 0.717) is 5.69 Å². The molecule has 3 aromatic carbocycles. The van der Waals surface area contributed by atoms with E-state index in [2.05, 4.69) is 30.9 Å². The van der Waals surface area contributed by atoms with Gasteiger partial charge in [0.15, 0.2) is 0 Å². The molecule has 16 nitrogen and oxygen atoms in total. The first-order valence-corrected chi connectivity index (χ1v) is 11.5. The van der Waals surface area contributed by atoms with Gasteiger partial charge in [-0.25, -0.2) is 24.0 Å². The number of nitrogens with zero attached hydrogens (tertiary/aromatic N) is 3. The molecule has 0 bridgehead atoms. The molecule has 0 spiro atoms. The summed E-state index contributed by atoms with van der Waals surface area (Å²) in [5.41, 5.74) is -1.22. The van der Waals surface area contributed by atoms with Crippen LogP contribution >= 0.6 is 0 Å². The fourth-order valence-electron chi connectivity index (χ4n) is 3.54. The van der Waals surface area contributed by atoms with Gasteiger partial charge in [0, 0.05) is 5.69 Å². The molecule has 0 unspecified atom stereocenters. The average molecular weight is 574 g/mol. The van der Waals surface area contributed by atoms with Crippen LogP contribution in [-0.2, 0) is 0 Å². The molecule has 1 heterocycles. The van der Waals surface area contributed by atoms with Crippen molar-refractivity contribution in [3.63, 3.8) is 0 Å². The van der Waals surface area contributed by atoms with Crippen LogP contribution < -0.4 is 16.0 Å². The van der Waals surface area contributed by atoms with Gasteiger partial charge >= 0.3 is 29.8 Å². The van der Waals surface area contributed by atoms with Gasteiger partial charge in [-0.3, -0.25) is 0 Å². The van der Waals surface area contributed by atoms with Gasteiger partial charge in [-0.1, -0.05) is 0 Å². The van der Waals surface area contributed by atoms with E-state index in [1.807, 2.05) is 0 Å². The molecule has 16 heteroatoms. The monoisotopic (exact) mass is 574 g/mol. The zero-order valence-corrected chi connectivity index (χ0v) is 20.9. The number of carboxylic acid groups (broad SMARTS) is 5. The molecule has 0 aliphatic heterocycles. The lowest BCUT2D eigenvalue weighted by atomic mass is 10.1. The number of aromatic nitrogens is 3. The Morgan fingerprint density at radius 2 is 0.810 bits per heavy atom. The molecule has 0 saturated carbocycles. The standard InChI is InChI=1S/C26H18N6O10/c33-19(34)11-1-5-14(6-2-11)27-24-30-25(28-17-9-12(20(35)36)3-7-15(17)22(39)40)32-26(31-24)29-18-10-13(21(37)38)4-8-16(18)23(41)42/h1-10H,(H,33,34)(H,35,36)(H,37,38)(H,39,40)(H,41,42)(H3,27,28,29,30,31,32). The van der Waals surface area contributed by atoms with Crippen molar-refractivity contribution in [3.05, 3.63) is 88.5 Å². The highest BCUT2D eigenvalue weighted by Crippen LogP contribution is 2.26. The number of benzene rings is 3. The van der Waals surface area contributed by atoms with Gasteiger partial charge in [-0.2, -0.15) is 15.0 Å². The van der Waals surface area contributed by atoms with E-state index >= 15 is 0 Å². The summed E-state index contributed by atoms with van der Waals surface area (Å²) < 4.78 is 0. The number of anilines is 6. The zero-order chi connectivity index (χ0) is 30.6. The van der Waals surface area contributed by atoms with E-state index in [-0.39, 0.29) is 57.0 Å². The number of carbonyl (C=O) groups is 5. The summed E-state index contributed by atoms with van der Waals surface area (Å²) in [7, 11) is 0. The van der Waals surface area contributed by atoms with E-state index in [4.69, 9.17) is 5.11 Å². The van der Waals surface area contributed by atoms with Gasteiger partial charge in [0.25, 0.3) is 0 Å².